The Balaban J connectivity index is 2.12. The third kappa shape index (κ3) is 2.97. The van der Waals surface area contributed by atoms with Crippen LogP contribution < -0.4 is 10.6 Å². The van der Waals surface area contributed by atoms with E-state index in [-0.39, 0.29) is 5.91 Å². The molecule has 1 aliphatic heterocycles. The molecule has 0 spiro atoms. The molecule has 0 atom stereocenters. The summed E-state index contributed by atoms with van der Waals surface area (Å²) < 4.78 is 0. The predicted octanol–water partition coefficient (Wildman–Crippen LogP) is 1.20. The molecule has 1 amide bonds. The van der Waals surface area contributed by atoms with Gasteiger partial charge in [0, 0.05) is 38.8 Å². The third-order valence-corrected chi connectivity index (χ3v) is 3.46. The second-order valence-corrected chi connectivity index (χ2v) is 4.73. The number of hydrogen-bond donors (Lipinski definition) is 1. The minimum atomic E-state index is 0.126. The lowest BCUT2D eigenvalue weighted by atomic mass is 10.1. The van der Waals surface area contributed by atoms with Crippen molar-refractivity contribution in [2.24, 2.45) is 0 Å². The molecule has 1 aromatic rings. The summed E-state index contributed by atoms with van der Waals surface area (Å²) in [6.45, 7) is 4.84. The van der Waals surface area contributed by atoms with Crippen molar-refractivity contribution in [1.82, 2.24) is 4.90 Å². The summed E-state index contributed by atoms with van der Waals surface area (Å²) in [5.74, 6) is 0.126. The number of amides is 1. The van der Waals surface area contributed by atoms with E-state index in [0.29, 0.717) is 11.3 Å². The summed E-state index contributed by atoms with van der Waals surface area (Å²) in [7, 11) is 0. The molecule has 0 radical (unpaired) electrons. The molecule has 19 heavy (non-hydrogen) atoms. The highest BCUT2D eigenvalue weighted by Gasteiger charge is 2.17. The van der Waals surface area contributed by atoms with Gasteiger partial charge in [-0.3, -0.25) is 4.79 Å². The van der Waals surface area contributed by atoms with Crippen LogP contribution in [0, 0.1) is 11.3 Å². The second-order valence-electron chi connectivity index (χ2n) is 4.73. The molecule has 1 saturated heterocycles. The second kappa shape index (κ2) is 5.61. The zero-order chi connectivity index (χ0) is 13.8. The van der Waals surface area contributed by atoms with Crippen LogP contribution in [-0.2, 0) is 4.79 Å². The van der Waals surface area contributed by atoms with Gasteiger partial charge in [0.25, 0.3) is 0 Å². The first-order valence-electron chi connectivity index (χ1n) is 6.42. The largest absolute Gasteiger partial charge is 0.398 e. The SMILES string of the molecule is CC(=O)N1CCCN(c2ccc(C#N)c(N)c2)CC1. The van der Waals surface area contributed by atoms with Crippen LogP contribution >= 0.6 is 0 Å². The van der Waals surface area contributed by atoms with Crippen LogP contribution in [0.5, 0.6) is 0 Å². The Labute approximate surface area is 113 Å². The minimum Gasteiger partial charge on any atom is -0.398 e. The van der Waals surface area contributed by atoms with Crippen LogP contribution in [0.1, 0.15) is 18.9 Å². The highest BCUT2D eigenvalue weighted by atomic mass is 16.2. The van der Waals surface area contributed by atoms with Crippen molar-refractivity contribution in [2.75, 3.05) is 36.8 Å². The molecule has 0 unspecified atom stereocenters. The van der Waals surface area contributed by atoms with Gasteiger partial charge in [0.05, 0.1) is 11.3 Å². The number of anilines is 2. The quantitative estimate of drug-likeness (QED) is 0.768. The van der Waals surface area contributed by atoms with Crippen LogP contribution in [0.15, 0.2) is 18.2 Å². The molecule has 0 aromatic heterocycles. The van der Waals surface area contributed by atoms with Crippen LogP contribution in [0.4, 0.5) is 11.4 Å². The van der Waals surface area contributed by atoms with Gasteiger partial charge in [-0.25, -0.2) is 0 Å². The average molecular weight is 258 g/mol. The number of benzene rings is 1. The van der Waals surface area contributed by atoms with Crippen LogP contribution in [0.3, 0.4) is 0 Å². The van der Waals surface area contributed by atoms with Crippen LogP contribution in [-0.4, -0.2) is 37.0 Å². The van der Waals surface area contributed by atoms with Crippen LogP contribution in [0.2, 0.25) is 0 Å². The monoisotopic (exact) mass is 258 g/mol. The molecule has 2 N–H and O–H groups in total. The fourth-order valence-corrected chi connectivity index (χ4v) is 2.34. The molecule has 0 bridgehead atoms. The molecule has 1 aromatic carbocycles. The summed E-state index contributed by atoms with van der Waals surface area (Å²) in [5.41, 5.74) is 7.87. The van der Waals surface area contributed by atoms with E-state index >= 15 is 0 Å². The van der Waals surface area contributed by atoms with E-state index in [1.54, 1.807) is 13.0 Å². The Kier molecular flexibility index (Phi) is 3.91. The van der Waals surface area contributed by atoms with E-state index < -0.39 is 0 Å². The Morgan fingerprint density at radius 2 is 2.11 bits per heavy atom. The third-order valence-electron chi connectivity index (χ3n) is 3.46. The fourth-order valence-electron chi connectivity index (χ4n) is 2.34. The van der Waals surface area contributed by atoms with E-state index in [1.165, 1.54) is 0 Å². The molecule has 1 heterocycles. The van der Waals surface area contributed by atoms with Gasteiger partial charge in [0.2, 0.25) is 5.91 Å². The first-order valence-corrected chi connectivity index (χ1v) is 6.42. The number of nitrogens with two attached hydrogens (primary N) is 1. The summed E-state index contributed by atoms with van der Waals surface area (Å²) >= 11 is 0. The summed E-state index contributed by atoms with van der Waals surface area (Å²) in [6, 6.07) is 7.56. The normalized spacial score (nSPS) is 15.8. The maximum atomic E-state index is 11.4. The van der Waals surface area contributed by atoms with E-state index in [9.17, 15) is 4.79 Å². The van der Waals surface area contributed by atoms with Crippen molar-refractivity contribution in [3.63, 3.8) is 0 Å². The predicted molar refractivity (Wildman–Crippen MR) is 74.7 cm³/mol. The van der Waals surface area contributed by atoms with Gasteiger partial charge in [-0.2, -0.15) is 5.26 Å². The Bertz CT molecular complexity index is 521. The number of nitriles is 1. The number of carbonyl (C=O) groups is 1. The lowest BCUT2D eigenvalue weighted by Crippen LogP contribution is -2.33. The molecular weight excluding hydrogens is 240 g/mol. The number of hydrogen-bond acceptors (Lipinski definition) is 4. The maximum Gasteiger partial charge on any atom is 0.219 e. The standard InChI is InChI=1S/C14H18N4O/c1-11(19)17-5-2-6-18(8-7-17)13-4-3-12(10-15)14(16)9-13/h3-4,9H,2,5-8,16H2,1H3. The van der Waals surface area contributed by atoms with Crippen LogP contribution in [0.25, 0.3) is 0 Å². The van der Waals surface area contributed by atoms with Gasteiger partial charge in [-0.05, 0) is 24.6 Å². The zero-order valence-electron chi connectivity index (χ0n) is 11.1. The summed E-state index contributed by atoms with van der Waals surface area (Å²) in [4.78, 5) is 15.5. The van der Waals surface area contributed by atoms with Gasteiger partial charge in [0.1, 0.15) is 6.07 Å². The lowest BCUT2D eigenvalue weighted by molar-refractivity contribution is -0.128. The fraction of sp³-hybridized carbons (Fsp3) is 0.429. The van der Waals surface area contributed by atoms with Crippen molar-refractivity contribution < 1.29 is 4.79 Å². The van der Waals surface area contributed by atoms with E-state index in [1.807, 2.05) is 17.0 Å². The Hall–Kier alpha value is -2.22. The highest BCUT2D eigenvalue weighted by molar-refractivity contribution is 5.73. The first kappa shape index (κ1) is 13.2. The number of rotatable bonds is 1. The molecular formula is C14H18N4O. The van der Waals surface area contributed by atoms with Gasteiger partial charge in [0.15, 0.2) is 0 Å². The van der Waals surface area contributed by atoms with Crippen molar-refractivity contribution in [2.45, 2.75) is 13.3 Å². The van der Waals surface area contributed by atoms with E-state index in [2.05, 4.69) is 11.0 Å². The molecule has 5 heteroatoms. The van der Waals surface area contributed by atoms with Crippen molar-refractivity contribution in [3.05, 3.63) is 23.8 Å². The summed E-state index contributed by atoms with van der Waals surface area (Å²) in [6.07, 6.45) is 0.944. The number of nitrogens with zero attached hydrogens (tertiary/aromatic N) is 3. The Morgan fingerprint density at radius 1 is 1.32 bits per heavy atom. The lowest BCUT2D eigenvalue weighted by Gasteiger charge is -2.23. The molecule has 5 nitrogen and oxygen atoms in total. The zero-order valence-corrected chi connectivity index (χ0v) is 11.1. The molecule has 0 saturated carbocycles. The molecule has 1 fully saturated rings. The number of nitrogen functional groups attached to an aromatic ring is 1. The smallest absolute Gasteiger partial charge is 0.219 e. The first-order chi connectivity index (χ1) is 9.11. The molecule has 2 rings (SSSR count). The van der Waals surface area contributed by atoms with Crippen molar-refractivity contribution >= 4 is 17.3 Å². The van der Waals surface area contributed by atoms with Gasteiger partial charge >= 0.3 is 0 Å². The van der Waals surface area contributed by atoms with Gasteiger partial charge in [-0.1, -0.05) is 0 Å². The highest BCUT2D eigenvalue weighted by Crippen LogP contribution is 2.22. The minimum absolute atomic E-state index is 0.126. The summed E-state index contributed by atoms with van der Waals surface area (Å²) in [5, 5.41) is 8.87. The van der Waals surface area contributed by atoms with E-state index in [0.717, 1.165) is 38.3 Å². The van der Waals surface area contributed by atoms with Gasteiger partial charge < -0.3 is 15.5 Å². The van der Waals surface area contributed by atoms with Gasteiger partial charge in [-0.15, -0.1) is 0 Å². The maximum absolute atomic E-state index is 11.4. The molecule has 100 valence electrons. The topological polar surface area (TPSA) is 73.4 Å². The number of carbonyl (C=O) groups excluding carboxylic acids is 1. The average Bonchev–Trinajstić information content (AvgIpc) is 2.64. The molecule has 1 aliphatic rings. The molecule has 0 aliphatic carbocycles. The van der Waals surface area contributed by atoms with E-state index in [4.69, 9.17) is 11.0 Å². The van der Waals surface area contributed by atoms with Crippen molar-refractivity contribution in [3.8, 4) is 6.07 Å². The van der Waals surface area contributed by atoms with Crippen molar-refractivity contribution in [1.29, 1.82) is 5.26 Å². The Morgan fingerprint density at radius 3 is 2.74 bits per heavy atom.